The second-order valence-corrected chi connectivity index (χ2v) is 9.70. The Labute approximate surface area is 230 Å². The summed E-state index contributed by atoms with van der Waals surface area (Å²) in [6.45, 7) is 6.09. The molecule has 1 amide bonds. The van der Waals surface area contributed by atoms with Crippen molar-refractivity contribution < 1.29 is 14.7 Å². The third-order valence-electron chi connectivity index (χ3n) is 7.26. The van der Waals surface area contributed by atoms with E-state index in [9.17, 15) is 14.7 Å². The van der Waals surface area contributed by atoms with Crippen molar-refractivity contribution in [2.24, 2.45) is 0 Å². The van der Waals surface area contributed by atoms with Crippen LogP contribution in [0.5, 0.6) is 0 Å². The van der Waals surface area contributed by atoms with Crippen LogP contribution in [0.2, 0.25) is 0 Å². The number of aromatic carboxylic acids is 1. The molecule has 0 radical (unpaired) electrons. The Balaban J connectivity index is 0.00000190. The van der Waals surface area contributed by atoms with Gasteiger partial charge < -0.3 is 20.2 Å². The first kappa shape index (κ1) is 28.7. The number of aryl methyl sites for hydroxylation is 1. The van der Waals surface area contributed by atoms with Gasteiger partial charge in [-0.25, -0.2) is 9.78 Å². The predicted octanol–water partition coefficient (Wildman–Crippen LogP) is 5.79. The van der Waals surface area contributed by atoms with Crippen LogP contribution >= 0.6 is 24.8 Å². The van der Waals surface area contributed by atoms with Gasteiger partial charge in [-0.2, -0.15) is 0 Å². The van der Waals surface area contributed by atoms with Crippen molar-refractivity contribution in [3.8, 4) is 0 Å². The summed E-state index contributed by atoms with van der Waals surface area (Å²) in [6.07, 6.45) is 6.08. The highest BCUT2D eigenvalue weighted by Gasteiger charge is 2.27. The van der Waals surface area contributed by atoms with Gasteiger partial charge in [0.2, 0.25) is 0 Å². The number of carboxylic acid groups (broad SMARTS) is 1. The van der Waals surface area contributed by atoms with Crippen molar-refractivity contribution in [1.29, 1.82) is 0 Å². The Kier molecular flexibility index (Phi) is 9.76. The lowest BCUT2D eigenvalue weighted by Crippen LogP contribution is -2.47. The molecule has 198 valence electrons. The van der Waals surface area contributed by atoms with Crippen molar-refractivity contribution in [1.82, 2.24) is 9.88 Å². The lowest BCUT2D eigenvalue weighted by molar-refractivity contribution is 0.0698. The monoisotopic (exact) mass is 544 g/mol. The van der Waals surface area contributed by atoms with E-state index in [-0.39, 0.29) is 36.3 Å². The zero-order valence-electron chi connectivity index (χ0n) is 21.0. The van der Waals surface area contributed by atoms with E-state index in [1.54, 1.807) is 30.3 Å². The molecule has 0 saturated carbocycles. The third-order valence-corrected chi connectivity index (χ3v) is 7.26. The third kappa shape index (κ3) is 6.53. The molecular formula is C28H34Cl2N4O3. The number of carbonyl (C=O) groups is 2. The number of hydrogen-bond donors (Lipinski definition) is 2. The topological polar surface area (TPSA) is 85.8 Å². The Bertz CT molecular complexity index is 1260. The van der Waals surface area contributed by atoms with Gasteiger partial charge in [-0.15, -0.1) is 24.8 Å². The smallest absolute Gasteiger partial charge is 0.336 e. The lowest BCUT2D eigenvalue weighted by Gasteiger charge is -2.40. The summed E-state index contributed by atoms with van der Waals surface area (Å²) in [5.74, 6) is -0.515. The van der Waals surface area contributed by atoms with Gasteiger partial charge in [-0.05, 0) is 82.1 Å². The summed E-state index contributed by atoms with van der Waals surface area (Å²) in [5, 5.41) is 13.4. The lowest BCUT2D eigenvalue weighted by atomic mass is 9.99. The number of anilines is 2. The number of likely N-dealkylation sites (tertiary alicyclic amines) is 1. The molecule has 37 heavy (non-hydrogen) atoms. The molecule has 2 aliphatic heterocycles. The fourth-order valence-corrected chi connectivity index (χ4v) is 5.36. The number of amides is 1. The molecule has 0 unspecified atom stereocenters. The second kappa shape index (κ2) is 12.6. The van der Waals surface area contributed by atoms with Crippen LogP contribution in [0.15, 0.2) is 48.5 Å². The number of nitrogens with one attached hydrogen (secondary N) is 1. The van der Waals surface area contributed by atoms with Gasteiger partial charge in [0.05, 0.1) is 11.1 Å². The van der Waals surface area contributed by atoms with Crippen molar-refractivity contribution in [3.05, 3.63) is 65.2 Å². The van der Waals surface area contributed by atoms with E-state index in [2.05, 4.69) is 15.1 Å². The molecule has 0 bridgehead atoms. The minimum absolute atomic E-state index is 0. The molecular weight excluding hydrogens is 511 g/mol. The van der Waals surface area contributed by atoms with E-state index < -0.39 is 5.97 Å². The molecule has 3 heterocycles. The maximum Gasteiger partial charge on any atom is 0.336 e. The van der Waals surface area contributed by atoms with Gasteiger partial charge in [-0.3, -0.25) is 4.79 Å². The van der Waals surface area contributed by atoms with Crippen LogP contribution in [0, 0.1) is 6.92 Å². The molecule has 2 saturated heterocycles. The quantitative estimate of drug-likeness (QED) is 0.422. The fraction of sp³-hybridized carbons (Fsp3) is 0.393. The zero-order chi connectivity index (χ0) is 24.4. The molecule has 3 aromatic rings. The number of rotatable bonds is 5. The summed E-state index contributed by atoms with van der Waals surface area (Å²) in [5.41, 5.74) is 2.93. The number of piperidine rings is 2. The number of halogens is 2. The first-order chi connectivity index (χ1) is 17.0. The van der Waals surface area contributed by atoms with Gasteiger partial charge in [0.15, 0.2) is 0 Å². The van der Waals surface area contributed by atoms with E-state index >= 15 is 0 Å². The fourth-order valence-electron chi connectivity index (χ4n) is 5.36. The maximum atomic E-state index is 12.7. The molecule has 2 N–H and O–H groups in total. The molecule has 0 spiro atoms. The van der Waals surface area contributed by atoms with Crippen molar-refractivity contribution >= 4 is 59.1 Å². The van der Waals surface area contributed by atoms with E-state index in [0.29, 0.717) is 34.0 Å². The second-order valence-electron chi connectivity index (χ2n) is 9.70. The summed E-state index contributed by atoms with van der Waals surface area (Å²) in [6, 6.07) is 14.9. The molecule has 0 aliphatic carbocycles. The number of benzene rings is 2. The highest BCUT2D eigenvalue weighted by atomic mass is 35.5. The standard InChI is InChI=1S/C28H32N4O3.2ClH/c1-19-6-5-7-20(16-19)27(33)29-21-8-9-25-23(17-21)24(28(34)35)18-26(30-25)32-14-10-22(11-15-32)31-12-3-2-4-13-31;;/h5-9,16-18,22H,2-4,10-15H2,1H3,(H,29,33)(H,34,35);2*1H. The van der Waals surface area contributed by atoms with Crippen molar-refractivity contribution in [3.63, 3.8) is 0 Å². The first-order valence-corrected chi connectivity index (χ1v) is 12.5. The summed E-state index contributed by atoms with van der Waals surface area (Å²) in [4.78, 5) is 34.5. The van der Waals surface area contributed by atoms with E-state index in [1.807, 2.05) is 25.1 Å². The van der Waals surface area contributed by atoms with Gasteiger partial charge in [0.25, 0.3) is 5.91 Å². The van der Waals surface area contributed by atoms with Crippen LogP contribution in [0.4, 0.5) is 11.5 Å². The van der Waals surface area contributed by atoms with Crippen LogP contribution in [0.1, 0.15) is 58.4 Å². The minimum Gasteiger partial charge on any atom is -0.478 e. The van der Waals surface area contributed by atoms with Gasteiger partial charge in [-0.1, -0.05) is 24.1 Å². The number of carbonyl (C=O) groups excluding carboxylic acids is 1. The molecule has 0 atom stereocenters. The Morgan fingerprint density at radius 3 is 2.35 bits per heavy atom. The first-order valence-electron chi connectivity index (χ1n) is 12.5. The van der Waals surface area contributed by atoms with Crippen molar-refractivity contribution in [2.75, 3.05) is 36.4 Å². The normalized spacial score (nSPS) is 16.5. The molecule has 2 aromatic carbocycles. The maximum absolute atomic E-state index is 12.7. The number of aromatic nitrogens is 1. The van der Waals surface area contributed by atoms with Crippen molar-refractivity contribution in [2.45, 2.75) is 45.1 Å². The number of carboxylic acids is 1. The number of nitrogens with zero attached hydrogens (tertiary/aromatic N) is 3. The zero-order valence-corrected chi connectivity index (χ0v) is 22.6. The van der Waals surface area contributed by atoms with Gasteiger partial charge in [0, 0.05) is 35.8 Å². The molecule has 2 aliphatic rings. The summed E-state index contributed by atoms with van der Waals surface area (Å²) < 4.78 is 0. The molecule has 9 heteroatoms. The average Bonchev–Trinajstić information content (AvgIpc) is 2.88. The van der Waals surface area contributed by atoms with Crippen LogP contribution in [0.25, 0.3) is 10.9 Å². The molecule has 2 fully saturated rings. The Morgan fingerprint density at radius 2 is 1.68 bits per heavy atom. The Morgan fingerprint density at radius 1 is 0.946 bits per heavy atom. The van der Waals surface area contributed by atoms with Gasteiger partial charge >= 0.3 is 5.97 Å². The largest absolute Gasteiger partial charge is 0.478 e. The van der Waals surface area contributed by atoms with Crippen LogP contribution in [-0.2, 0) is 0 Å². The SMILES string of the molecule is Cc1cccc(C(=O)Nc2ccc3nc(N4CCC(N5CCCCC5)CC4)cc(C(=O)O)c3c2)c1.Cl.Cl. The number of fused-ring (bicyclic) bond motifs is 1. The number of hydrogen-bond acceptors (Lipinski definition) is 5. The van der Waals surface area contributed by atoms with Crippen LogP contribution in [0.3, 0.4) is 0 Å². The summed E-state index contributed by atoms with van der Waals surface area (Å²) >= 11 is 0. The number of pyridine rings is 1. The minimum atomic E-state index is -0.996. The average molecular weight is 546 g/mol. The Hall–Kier alpha value is -2.87. The van der Waals surface area contributed by atoms with E-state index in [4.69, 9.17) is 4.98 Å². The summed E-state index contributed by atoms with van der Waals surface area (Å²) in [7, 11) is 0. The molecule has 7 nitrogen and oxygen atoms in total. The molecule has 5 rings (SSSR count). The van der Waals surface area contributed by atoms with E-state index in [1.165, 1.54) is 32.4 Å². The van der Waals surface area contributed by atoms with Gasteiger partial charge in [0.1, 0.15) is 5.82 Å². The van der Waals surface area contributed by atoms with Crippen LogP contribution in [-0.4, -0.2) is 59.1 Å². The predicted molar refractivity (Wildman–Crippen MR) is 153 cm³/mol. The molecule has 1 aromatic heterocycles. The highest BCUT2D eigenvalue weighted by Crippen LogP contribution is 2.29. The van der Waals surface area contributed by atoms with Crippen LogP contribution < -0.4 is 10.2 Å². The highest BCUT2D eigenvalue weighted by molar-refractivity contribution is 6.08. The van der Waals surface area contributed by atoms with E-state index in [0.717, 1.165) is 31.5 Å².